The van der Waals surface area contributed by atoms with E-state index in [9.17, 15) is 0 Å². The smallest absolute Gasteiger partial charge is 0.00914 e. The minimum absolute atomic E-state index is 0.792. The average Bonchev–Trinajstić information content (AvgIpc) is 2.25. The molecule has 2 heteroatoms. The van der Waals surface area contributed by atoms with Crippen molar-refractivity contribution in [3.8, 4) is 0 Å². The fourth-order valence-electron chi connectivity index (χ4n) is 2.27. The van der Waals surface area contributed by atoms with Gasteiger partial charge in [0.25, 0.3) is 0 Å². The molecule has 15 heavy (non-hydrogen) atoms. The number of hydrogen-bond donors (Lipinski definition) is 1. The molecular weight excluding hydrogens is 184 g/mol. The molecule has 0 amide bonds. The van der Waals surface area contributed by atoms with E-state index in [0.717, 1.165) is 12.0 Å². The summed E-state index contributed by atoms with van der Waals surface area (Å²) in [7, 11) is 0. The molecule has 0 spiro atoms. The first-order valence-corrected chi connectivity index (χ1v) is 6.68. The largest absolute Gasteiger partial charge is 0.314 e. The van der Waals surface area contributed by atoms with Crippen molar-refractivity contribution in [2.24, 2.45) is 5.92 Å². The van der Waals surface area contributed by atoms with E-state index in [1.165, 1.54) is 51.9 Å². The van der Waals surface area contributed by atoms with Gasteiger partial charge in [0.05, 0.1) is 0 Å². The van der Waals surface area contributed by atoms with Gasteiger partial charge in [0.1, 0.15) is 0 Å². The molecule has 90 valence electrons. The van der Waals surface area contributed by atoms with E-state index in [4.69, 9.17) is 0 Å². The minimum Gasteiger partial charge on any atom is -0.314 e. The maximum absolute atomic E-state index is 3.69. The minimum atomic E-state index is 0.792. The summed E-state index contributed by atoms with van der Waals surface area (Å²) < 4.78 is 0. The number of nitrogens with one attached hydrogen (secondary N) is 1. The quantitative estimate of drug-likeness (QED) is 0.681. The Morgan fingerprint density at radius 3 is 2.47 bits per heavy atom. The average molecular weight is 212 g/mol. The van der Waals surface area contributed by atoms with E-state index in [1.807, 2.05) is 0 Å². The molecule has 0 aromatic rings. The lowest BCUT2D eigenvalue weighted by molar-refractivity contribution is 0.206. The summed E-state index contributed by atoms with van der Waals surface area (Å²) in [6.45, 7) is 11.9. The fraction of sp³-hybridized carbons (Fsp3) is 1.00. The lowest BCUT2D eigenvalue weighted by atomic mass is 10.0. The highest BCUT2D eigenvalue weighted by molar-refractivity contribution is 4.76. The number of piperidine rings is 1. The van der Waals surface area contributed by atoms with Crippen molar-refractivity contribution < 1.29 is 0 Å². The summed E-state index contributed by atoms with van der Waals surface area (Å²) >= 11 is 0. The van der Waals surface area contributed by atoms with Gasteiger partial charge < -0.3 is 10.2 Å². The van der Waals surface area contributed by atoms with E-state index in [2.05, 4.69) is 31.0 Å². The summed E-state index contributed by atoms with van der Waals surface area (Å²) in [5, 5.41) is 3.69. The van der Waals surface area contributed by atoms with Crippen molar-refractivity contribution in [3.63, 3.8) is 0 Å². The molecule has 0 radical (unpaired) electrons. The zero-order valence-corrected chi connectivity index (χ0v) is 10.8. The number of rotatable bonds is 6. The van der Waals surface area contributed by atoms with Crippen molar-refractivity contribution >= 4 is 0 Å². The van der Waals surface area contributed by atoms with Gasteiger partial charge in [-0.25, -0.2) is 0 Å². The summed E-state index contributed by atoms with van der Waals surface area (Å²) in [4.78, 5) is 2.55. The second kappa shape index (κ2) is 7.24. The summed E-state index contributed by atoms with van der Waals surface area (Å²) in [5.41, 5.74) is 0. The molecule has 0 saturated carbocycles. The van der Waals surface area contributed by atoms with Crippen molar-refractivity contribution in [1.82, 2.24) is 10.2 Å². The van der Waals surface area contributed by atoms with Crippen LogP contribution in [0.15, 0.2) is 0 Å². The topological polar surface area (TPSA) is 15.3 Å². The molecule has 0 aliphatic carbocycles. The summed E-state index contributed by atoms with van der Waals surface area (Å²) in [6, 6.07) is 0.792. The van der Waals surface area contributed by atoms with Gasteiger partial charge in [0.2, 0.25) is 0 Å². The molecule has 1 aliphatic heterocycles. The summed E-state index contributed by atoms with van der Waals surface area (Å²) in [6.07, 6.45) is 5.39. The Balaban J connectivity index is 1.99. The second-order valence-corrected chi connectivity index (χ2v) is 5.20. The highest BCUT2D eigenvalue weighted by Gasteiger charge is 2.16. The van der Waals surface area contributed by atoms with Gasteiger partial charge in [0, 0.05) is 6.04 Å². The van der Waals surface area contributed by atoms with E-state index in [1.54, 1.807) is 0 Å². The second-order valence-electron chi connectivity index (χ2n) is 5.20. The Bertz CT molecular complexity index is 149. The van der Waals surface area contributed by atoms with Crippen LogP contribution in [0.5, 0.6) is 0 Å². The zero-order valence-electron chi connectivity index (χ0n) is 10.8. The van der Waals surface area contributed by atoms with Crippen LogP contribution in [0, 0.1) is 5.92 Å². The Morgan fingerprint density at radius 2 is 1.93 bits per heavy atom. The first kappa shape index (κ1) is 13.0. The van der Waals surface area contributed by atoms with Gasteiger partial charge in [-0.05, 0) is 57.8 Å². The van der Waals surface area contributed by atoms with Crippen LogP contribution < -0.4 is 5.32 Å². The lowest BCUT2D eigenvalue weighted by Gasteiger charge is -2.31. The Hall–Kier alpha value is -0.0800. The lowest BCUT2D eigenvalue weighted by Crippen LogP contribution is -2.42. The predicted octanol–water partition coefficient (Wildman–Crippen LogP) is 2.50. The van der Waals surface area contributed by atoms with Crippen LogP contribution in [0.3, 0.4) is 0 Å². The van der Waals surface area contributed by atoms with Gasteiger partial charge >= 0.3 is 0 Å². The van der Waals surface area contributed by atoms with Crippen LogP contribution in [0.1, 0.15) is 46.5 Å². The standard InChI is InChI=1S/C13H28N2/c1-4-15-10-7-13(8-11-15)14-9-5-6-12(2)3/h12-14H,4-11H2,1-3H3. The van der Waals surface area contributed by atoms with Crippen molar-refractivity contribution in [2.75, 3.05) is 26.2 Å². The van der Waals surface area contributed by atoms with Crippen molar-refractivity contribution in [1.29, 1.82) is 0 Å². The Kier molecular flexibility index (Phi) is 6.26. The first-order chi connectivity index (χ1) is 7.22. The van der Waals surface area contributed by atoms with E-state index in [0.29, 0.717) is 0 Å². The van der Waals surface area contributed by atoms with Crippen molar-refractivity contribution in [3.05, 3.63) is 0 Å². The van der Waals surface area contributed by atoms with E-state index >= 15 is 0 Å². The van der Waals surface area contributed by atoms with E-state index in [-0.39, 0.29) is 0 Å². The number of nitrogens with zero attached hydrogens (tertiary/aromatic N) is 1. The predicted molar refractivity (Wildman–Crippen MR) is 67.2 cm³/mol. The Morgan fingerprint density at radius 1 is 1.27 bits per heavy atom. The van der Waals surface area contributed by atoms with Crippen LogP contribution in [0.25, 0.3) is 0 Å². The molecule has 2 nitrogen and oxygen atoms in total. The molecule has 0 aromatic carbocycles. The van der Waals surface area contributed by atoms with Crippen LogP contribution in [-0.4, -0.2) is 37.1 Å². The molecule has 1 saturated heterocycles. The van der Waals surface area contributed by atoms with Crippen molar-refractivity contribution in [2.45, 2.75) is 52.5 Å². The van der Waals surface area contributed by atoms with Gasteiger partial charge in [-0.1, -0.05) is 20.8 Å². The highest BCUT2D eigenvalue weighted by atomic mass is 15.1. The van der Waals surface area contributed by atoms with Gasteiger partial charge in [-0.2, -0.15) is 0 Å². The molecule has 0 aromatic heterocycles. The molecular formula is C13H28N2. The van der Waals surface area contributed by atoms with Gasteiger partial charge in [-0.15, -0.1) is 0 Å². The molecule has 1 rings (SSSR count). The van der Waals surface area contributed by atoms with Crippen LogP contribution in [-0.2, 0) is 0 Å². The van der Waals surface area contributed by atoms with Crippen LogP contribution in [0.4, 0.5) is 0 Å². The maximum Gasteiger partial charge on any atom is 0.00914 e. The molecule has 1 fully saturated rings. The Labute approximate surface area is 95.4 Å². The third-order valence-electron chi connectivity index (χ3n) is 3.43. The molecule has 1 aliphatic rings. The van der Waals surface area contributed by atoms with Crippen LogP contribution in [0.2, 0.25) is 0 Å². The normalized spacial score (nSPS) is 20.0. The highest BCUT2D eigenvalue weighted by Crippen LogP contribution is 2.10. The SMILES string of the molecule is CCN1CCC(NCCCC(C)C)CC1. The zero-order chi connectivity index (χ0) is 11.1. The maximum atomic E-state index is 3.69. The van der Waals surface area contributed by atoms with Gasteiger partial charge in [-0.3, -0.25) is 0 Å². The first-order valence-electron chi connectivity index (χ1n) is 6.68. The third kappa shape index (κ3) is 5.53. The van der Waals surface area contributed by atoms with E-state index < -0.39 is 0 Å². The summed E-state index contributed by atoms with van der Waals surface area (Å²) in [5.74, 6) is 0.855. The monoisotopic (exact) mass is 212 g/mol. The molecule has 0 atom stereocenters. The van der Waals surface area contributed by atoms with Gasteiger partial charge in [0.15, 0.2) is 0 Å². The number of likely N-dealkylation sites (tertiary alicyclic amines) is 1. The molecule has 0 bridgehead atoms. The molecule has 1 heterocycles. The molecule has 0 unspecified atom stereocenters. The third-order valence-corrected chi connectivity index (χ3v) is 3.43. The van der Waals surface area contributed by atoms with Crippen LogP contribution >= 0.6 is 0 Å². The number of hydrogen-bond acceptors (Lipinski definition) is 2. The molecule has 1 N–H and O–H groups in total. The fourth-order valence-corrected chi connectivity index (χ4v) is 2.27.